The van der Waals surface area contributed by atoms with Crippen LogP contribution in [0.1, 0.15) is 25.8 Å². The first-order valence-electron chi connectivity index (χ1n) is 5.96. The molecule has 0 saturated heterocycles. The highest BCUT2D eigenvalue weighted by Crippen LogP contribution is 2.19. The Kier molecular flexibility index (Phi) is 5.41. The van der Waals surface area contributed by atoms with Gasteiger partial charge in [0.25, 0.3) is 0 Å². The lowest BCUT2D eigenvalue weighted by molar-refractivity contribution is 0.337. The molecular formula is C14H23N. The van der Waals surface area contributed by atoms with Crippen molar-refractivity contribution in [3.05, 3.63) is 35.9 Å². The van der Waals surface area contributed by atoms with Crippen molar-refractivity contribution < 1.29 is 0 Å². The maximum absolute atomic E-state index is 3.30. The molecule has 1 heteroatoms. The first kappa shape index (κ1) is 12.3. The van der Waals surface area contributed by atoms with Gasteiger partial charge < -0.3 is 5.32 Å². The quantitative estimate of drug-likeness (QED) is 0.752. The molecule has 0 amide bonds. The standard InChI is InChI=1S/C14H23N/c1-4-12(2)14(11-15-3)10-13-8-6-5-7-9-13/h5-9,12,14-15H,4,10-11H2,1-3H3. The van der Waals surface area contributed by atoms with Crippen LogP contribution in [0.15, 0.2) is 30.3 Å². The van der Waals surface area contributed by atoms with Gasteiger partial charge in [-0.2, -0.15) is 0 Å². The van der Waals surface area contributed by atoms with Crippen LogP contribution < -0.4 is 5.32 Å². The Bertz CT molecular complexity index is 255. The molecule has 0 aliphatic heterocycles. The monoisotopic (exact) mass is 205 g/mol. The van der Waals surface area contributed by atoms with Crippen LogP contribution in [0, 0.1) is 11.8 Å². The van der Waals surface area contributed by atoms with Gasteiger partial charge in [0.15, 0.2) is 0 Å². The van der Waals surface area contributed by atoms with Crippen molar-refractivity contribution in [1.29, 1.82) is 0 Å². The van der Waals surface area contributed by atoms with Gasteiger partial charge in [-0.3, -0.25) is 0 Å². The molecular weight excluding hydrogens is 182 g/mol. The van der Waals surface area contributed by atoms with E-state index in [-0.39, 0.29) is 0 Å². The molecule has 84 valence electrons. The fourth-order valence-electron chi connectivity index (χ4n) is 1.99. The zero-order chi connectivity index (χ0) is 11.1. The number of hydrogen-bond acceptors (Lipinski definition) is 1. The minimum atomic E-state index is 0.752. The molecule has 2 atom stereocenters. The molecule has 0 saturated carbocycles. The van der Waals surface area contributed by atoms with E-state index in [1.165, 1.54) is 18.4 Å². The second-order valence-electron chi connectivity index (χ2n) is 4.39. The van der Waals surface area contributed by atoms with Crippen molar-refractivity contribution in [1.82, 2.24) is 5.32 Å². The topological polar surface area (TPSA) is 12.0 Å². The Morgan fingerprint density at radius 1 is 1.20 bits per heavy atom. The van der Waals surface area contributed by atoms with Gasteiger partial charge in [0.2, 0.25) is 0 Å². The summed E-state index contributed by atoms with van der Waals surface area (Å²) in [4.78, 5) is 0. The van der Waals surface area contributed by atoms with Gasteiger partial charge in [0.1, 0.15) is 0 Å². The molecule has 0 aromatic heterocycles. The molecule has 15 heavy (non-hydrogen) atoms. The van der Waals surface area contributed by atoms with Gasteiger partial charge >= 0.3 is 0 Å². The van der Waals surface area contributed by atoms with Gasteiger partial charge in [-0.15, -0.1) is 0 Å². The highest BCUT2D eigenvalue weighted by molar-refractivity contribution is 5.15. The van der Waals surface area contributed by atoms with Crippen LogP contribution in [-0.4, -0.2) is 13.6 Å². The number of rotatable bonds is 6. The van der Waals surface area contributed by atoms with Crippen LogP contribution in [0.4, 0.5) is 0 Å². The van der Waals surface area contributed by atoms with Gasteiger partial charge in [-0.05, 0) is 37.4 Å². The Hall–Kier alpha value is -0.820. The normalized spacial score (nSPS) is 14.9. The number of hydrogen-bond donors (Lipinski definition) is 1. The smallest absolute Gasteiger partial charge is 0.00178 e. The van der Waals surface area contributed by atoms with Crippen LogP contribution in [0.3, 0.4) is 0 Å². The average Bonchev–Trinajstić information content (AvgIpc) is 2.29. The Balaban J connectivity index is 2.58. The summed E-state index contributed by atoms with van der Waals surface area (Å²) in [6, 6.07) is 10.8. The van der Waals surface area contributed by atoms with E-state index < -0.39 is 0 Å². The molecule has 0 fully saturated rings. The van der Waals surface area contributed by atoms with Crippen LogP contribution in [-0.2, 0) is 6.42 Å². The van der Waals surface area contributed by atoms with Crippen molar-refractivity contribution in [2.75, 3.05) is 13.6 Å². The predicted octanol–water partition coefficient (Wildman–Crippen LogP) is 3.11. The summed E-state index contributed by atoms with van der Waals surface area (Å²) in [5.74, 6) is 1.54. The molecule has 0 heterocycles. The number of nitrogens with one attached hydrogen (secondary N) is 1. The molecule has 1 N–H and O–H groups in total. The molecule has 0 radical (unpaired) electrons. The van der Waals surface area contributed by atoms with Gasteiger partial charge in [-0.1, -0.05) is 50.6 Å². The van der Waals surface area contributed by atoms with Gasteiger partial charge in [-0.25, -0.2) is 0 Å². The second kappa shape index (κ2) is 6.62. The molecule has 0 spiro atoms. The lowest BCUT2D eigenvalue weighted by Gasteiger charge is -2.22. The van der Waals surface area contributed by atoms with E-state index in [4.69, 9.17) is 0 Å². The first-order valence-corrected chi connectivity index (χ1v) is 5.96. The minimum Gasteiger partial charge on any atom is -0.319 e. The van der Waals surface area contributed by atoms with E-state index in [0.29, 0.717) is 0 Å². The summed E-state index contributed by atoms with van der Waals surface area (Å²) < 4.78 is 0. The third-order valence-corrected chi connectivity index (χ3v) is 3.26. The highest BCUT2D eigenvalue weighted by Gasteiger charge is 2.15. The second-order valence-corrected chi connectivity index (χ2v) is 4.39. The maximum Gasteiger partial charge on any atom is -0.00178 e. The third kappa shape index (κ3) is 4.05. The largest absolute Gasteiger partial charge is 0.319 e. The molecule has 2 unspecified atom stereocenters. The van der Waals surface area contributed by atoms with E-state index in [0.717, 1.165) is 18.4 Å². The maximum atomic E-state index is 3.30. The van der Waals surface area contributed by atoms with E-state index >= 15 is 0 Å². The van der Waals surface area contributed by atoms with Crippen molar-refractivity contribution in [3.8, 4) is 0 Å². The van der Waals surface area contributed by atoms with Gasteiger partial charge in [0, 0.05) is 0 Å². The Morgan fingerprint density at radius 3 is 2.40 bits per heavy atom. The summed E-state index contributed by atoms with van der Waals surface area (Å²) in [6.07, 6.45) is 2.45. The molecule has 0 aliphatic carbocycles. The van der Waals surface area contributed by atoms with Crippen LogP contribution >= 0.6 is 0 Å². The van der Waals surface area contributed by atoms with Crippen molar-refractivity contribution in [2.24, 2.45) is 11.8 Å². The van der Waals surface area contributed by atoms with E-state index in [9.17, 15) is 0 Å². The van der Waals surface area contributed by atoms with Crippen molar-refractivity contribution in [3.63, 3.8) is 0 Å². The predicted molar refractivity (Wildman–Crippen MR) is 67.0 cm³/mol. The van der Waals surface area contributed by atoms with Crippen molar-refractivity contribution in [2.45, 2.75) is 26.7 Å². The summed E-state index contributed by atoms with van der Waals surface area (Å²) in [6.45, 7) is 5.74. The zero-order valence-corrected chi connectivity index (χ0v) is 10.2. The van der Waals surface area contributed by atoms with E-state index in [2.05, 4.69) is 49.5 Å². The fourth-order valence-corrected chi connectivity index (χ4v) is 1.99. The van der Waals surface area contributed by atoms with Crippen LogP contribution in [0.25, 0.3) is 0 Å². The van der Waals surface area contributed by atoms with Crippen LogP contribution in [0.5, 0.6) is 0 Å². The molecule has 0 bridgehead atoms. The first-order chi connectivity index (χ1) is 7.27. The SMILES string of the molecule is CCC(C)C(CNC)Cc1ccccc1. The lowest BCUT2D eigenvalue weighted by Crippen LogP contribution is -2.26. The Morgan fingerprint density at radius 2 is 1.87 bits per heavy atom. The summed E-state index contributed by atoms with van der Waals surface area (Å²) in [7, 11) is 2.04. The third-order valence-electron chi connectivity index (χ3n) is 3.26. The van der Waals surface area contributed by atoms with E-state index in [1.807, 2.05) is 7.05 Å². The summed E-state index contributed by atoms with van der Waals surface area (Å²) in [5.41, 5.74) is 1.46. The molecule has 1 rings (SSSR count). The summed E-state index contributed by atoms with van der Waals surface area (Å²) >= 11 is 0. The lowest BCUT2D eigenvalue weighted by atomic mass is 9.86. The Labute approximate surface area is 93.9 Å². The fraction of sp³-hybridized carbons (Fsp3) is 0.571. The van der Waals surface area contributed by atoms with Crippen LogP contribution in [0.2, 0.25) is 0 Å². The van der Waals surface area contributed by atoms with E-state index in [1.54, 1.807) is 0 Å². The molecule has 0 aliphatic rings. The molecule has 1 aromatic rings. The van der Waals surface area contributed by atoms with Gasteiger partial charge in [0.05, 0.1) is 0 Å². The minimum absolute atomic E-state index is 0.752. The molecule has 1 nitrogen and oxygen atoms in total. The van der Waals surface area contributed by atoms with Crippen molar-refractivity contribution >= 4 is 0 Å². The molecule has 1 aromatic carbocycles. The number of benzene rings is 1. The average molecular weight is 205 g/mol. The zero-order valence-electron chi connectivity index (χ0n) is 10.2. The summed E-state index contributed by atoms with van der Waals surface area (Å²) in [5, 5.41) is 3.30. The highest BCUT2D eigenvalue weighted by atomic mass is 14.8.